The number of carbonyl (C=O) groups is 3. The van der Waals surface area contributed by atoms with E-state index in [1.165, 1.54) is 238 Å². The molecule has 0 aliphatic heterocycles. The zero-order chi connectivity index (χ0) is 59.2. The summed E-state index contributed by atoms with van der Waals surface area (Å²) in [6.07, 6.45) is 91.2. The van der Waals surface area contributed by atoms with Crippen molar-refractivity contribution in [3.8, 4) is 0 Å². The second kappa shape index (κ2) is 70.6. The molecule has 0 rings (SSSR count). The molecule has 0 aromatic heterocycles. The summed E-state index contributed by atoms with van der Waals surface area (Å²) in [4.78, 5) is 38.4. The minimum absolute atomic E-state index is 0.0810. The fourth-order valence-electron chi connectivity index (χ4n) is 10.8. The number of allylic oxidation sites excluding steroid dienone is 10. The van der Waals surface area contributed by atoms with Crippen molar-refractivity contribution in [3.63, 3.8) is 0 Å². The number of carbonyl (C=O) groups excluding carboxylic acids is 3. The number of ether oxygens (including phenoxy) is 3. The number of unbranched alkanes of at least 4 members (excludes halogenated alkanes) is 46. The van der Waals surface area contributed by atoms with Gasteiger partial charge in [0, 0.05) is 19.3 Å². The maximum atomic E-state index is 12.9. The summed E-state index contributed by atoms with van der Waals surface area (Å²) in [7, 11) is 0. The first-order valence-electron chi connectivity index (χ1n) is 36.3. The SMILES string of the molecule is CCC/C=C\C/C=C\CCCCCCCC(=O)OCC(COC(=O)CCCCCCCCCCCCCCCCCCCCCCCCCCCCCCCC)OC(=O)CCCCCCCC/C=C\C/C=C\C/C=C\CCCCCCC. The highest BCUT2D eigenvalue weighted by atomic mass is 16.6. The molecule has 0 aromatic carbocycles. The van der Waals surface area contributed by atoms with Gasteiger partial charge in [0.25, 0.3) is 0 Å². The van der Waals surface area contributed by atoms with Crippen LogP contribution in [0.4, 0.5) is 0 Å². The lowest BCUT2D eigenvalue weighted by Crippen LogP contribution is -2.30. The van der Waals surface area contributed by atoms with Gasteiger partial charge in [0.15, 0.2) is 6.10 Å². The Morgan fingerprint density at radius 2 is 0.463 bits per heavy atom. The molecule has 0 fully saturated rings. The zero-order valence-corrected chi connectivity index (χ0v) is 55.0. The van der Waals surface area contributed by atoms with Gasteiger partial charge in [-0.2, -0.15) is 0 Å². The van der Waals surface area contributed by atoms with Gasteiger partial charge in [-0.05, 0) is 83.5 Å². The van der Waals surface area contributed by atoms with Gasteiger partial charge in [0.1, 0.15) is 13.2 Å². The van der Waals surface area contributed by atoms with E-state index in [4.69, 9.17) is 14.2 Å². The third kappa shape index (κ3) is 67.9. The van der Waals surface area contributed by atoms with Gasteiger partial charge in [0.05, 0.1) is 0 Å². The molecular formula is C76H138O6. The van der Waals surface area contributed by atoms with Crippen LogP contribution in [0.1, 0.15) is 387 Å². The molecule has 1 atom stereocenters. The monoisotopic (exact) mass is 1150 g/mol. The molecule has 0 heterocycles. The second-order valence-electron chi connectivity index (χ2n) is 24.5. The summed E-state index contributed by atoms with van der Waals surface area (Å²) in [5, 5.41) is 0. The Hall–Kier alpha value is -2.89. The molecule has 0 aliphatic rings. The van der Waals surface area contributed by atoms with Crippen molar-refractivity contribution in [3.05, 3.63) is 60.8 Å². The number of rotatable bonds is 67. The van der Waals surface area contributed by atoms with E-state index in [9.17, 15) is 14.4 Å². The minimum Gasteiger partial charge on any atom is -0.462 e. The molecule has 0 saturated heterocycles. The van der Waals surface area contributed by atoms with Gasteiger partial charge in [0.2, 0.25) is 0 Å². The maximum absolute atomic E-state index is 12.9. The van der Waals surface area contributed by atoms with Crippen LogP contribution in [0.5, 0.6) is 0 Å². The normalized spacial score (nSPS) is 12.4. The third-order valence-corrected chi connectivity index (χ3v) is 16.2. The van der Waals surface area contributed by atoms with Gasteiger partial charge in [-0.25, -0.2) is 0 Å². The molecule has 0 radical (unpaired) electrons. The first-order valence-corrected chi connectivity index (χ1v) is 36.3. The molecule has 0 bridgehead atoms. The number of hydrogen-bond donors (Lipinski definition) is 0. The van der Waals surface area contributed by atoms with Crippen LogP contribution in [0, 0.1) is 0 Å². The summed E-state index contributed by atoms with van der Waals surface area (Å²) >= 11 is 0. The maximum Gasteiger partial charge on any atom is 0.306 e. The molecule has 478 valence electrons. The molecule has 82 heavy (non-hydrogen) atoms. The molecule has 0 aliphatic carbocycles. The first kappa shape index (κ1) is 79.1. The quantitative estimate of drug-likeness (QED) is 0.0261. The zero-order valence-electron chi connectivity index (χ0n) is 55.0. The topological polar surface area (TPSA) is 78.9 Å². The molecule has 0 amide bonds. The Kier molecular flexibility index (Phi) is 68.1. The van der Waals surface area contributed by atoms with E-state index >= 15 is 0 Å². The van der Waals surface area contributed by atoms with E-state index in [1.54, 1.807) is 0 Å². The van der Waals surface area contributed by atoms with E-state index in [0.717, 1.165) is 109 Å². The highest BCUT2D eigenvalue weighted by Gasteiger charge is 2.19. The Morgan fingerprint density at radius 1 is 0.244 bits per heavy atom. The summed E-state index contributed by atoms with van der Waals surface area (Å²) in [6, 6.07) is 0. The lowest BCUT2D eigenvalue weighted by Gasteiger charge is -2.18. The average molecular weight is 1150 g/mol. The van der Waals surface area contributed by atoms with E-state index < -0.39 is 6.10 Å². The van der Waals surface area contributed by atoms with Crippen LogP contribution in [0.15, 0.2) is 60.8 Å². The van der Waals surface area contributed by atoms with Crippen molar-refractivity contribution in [2.75, 3.05) is 13.2 Å². The van der Waals surface area contributed by atoms with E-state index in [2.05, 4.69) is 81.5 Å². The Balaban J connectivity index is 4.21. The van der Waals surface area contributed by atoms with Crippen LogP contribution < -0.4 is 0 Å². The highest BCUT2D eigenvalue weighted by Crippen LogP contribution is 2.18. The molecule has 1 unspecified atom stereocenters. The summed E-state index contributed by atoms with van der Waals surface area (Å²) in [6.45, 7) is 6.60. The molecule has 0 spiro atoms. The Bertz CT molecular complexity index is 1460. The van der Waals surface area contributed by atoms with Crippen LogP contribution in [-0.4, -0.2) is 37.2 Å². The molecule has 0 N–H and O–H groups in total. The van der Waals surface area contributed by atoms with Crippen LogP contribution in [-0.2, 0) is 28.6 Å². The summed E-state index contributed by atoms with van der Waals surface area (Å²) < 4.78 is 17.0. The second-order valence-corrected chi connectivity index (χ2v) is 24.5. The predicted molar refractivity (Wildman–Crippen MR) is 358 cm³/mol. The van der Waals surface area contributed by atoms with Crippen molar-refractivity contribution >= 4 is 17.9 Å². The Labute approximate surface area is 510 Å². The molecule has 6 nitrogen and oxygen atoms in total. The molecular weight excluding hydrogens is 1010 g/mol. The van der Waals surface area contributed by atoms with Gasteiger partial charge >= 0.3 is 17.9 Å². The number of hydrogen-bond acceptors (Lipinski definition) is 6. The van der Waals surface area contributed by atoms with Gasteiger partial charge in [-0.3, -0.25) is 14.4 Å². The van der Waals surface area contributed by atoms with Gasteiger partial charge in [-0.1, -0.05) is 345 Å². The predicted octanol–water partition coefficient (Wildman–Crippen LogP) is 25.1. The van der Waals surface area contributed by atoms with Crippen molar-refractivity contribution in [1.29, 1.82) is 0 Å². The fourth-order valence-corrected chi connectivity index (χ4v) is 10.8. The molecule has 0 aromatic rings. The van der Waals surface area contributed by atoms with E-state index in [1.807, 2.05) is 0 Å². The third-order valence-electron chi connectivity index (χ3n) is 16.2. The van der Waals surface area contributed by atoms with Crippen molar-refractivity contribution in [2.45, 2.75) is 393 Å². The summed E-state index contributed by atoms with van der Waals surface area (Å²) in [5.74, 6) is -0.887. The van der Waals surface area contributed by atoms with E-state index in [-0.39, 0.29) is 31.1 Å². The highest BCUT2D eigenvalue weighted by molar-refractivity contribution is 5.71. The molecule has 6 heteroatoms. The smallest absolute Gasteiger partial charge is 0.306 e. The van der Waals surface area contributed by atoms with Gasteiger partial charge in [-0.15, -0.1) is 0 Å². The van der Waals surface area contributed by atoms with Crippen molar-refractivity contribution in [1.82, 2.24) is 0 Å². The molecule has 0 saturated carbocycles. The standard InChI is InChI=1S/C76H138O6/c1-4-7-10-13-16-19-22-25-27-29-31-33-34-35-36-37-38-39-40-41-43-44-46-48-51-54-57-60-63-66-69-75(78)81-72-73(71-80-74(77)68-65-62-59-56-53-50-24-21-18-15-12-9-6-3)82-76(79)70-67-64-61-58-55-52-49-47-45-42-32-30-28-26-23-20-17-14-11-8-5-2/h12,15,21,23-24,26,30,32,45,47,73H,4-11,13-14,16-20,22,25,27-29,31,33-44,46,48-72H2,1-3H3/b15-12-,24-21-,26-23-,32-30-,47-45-. The van der Waals surface area contributed by atoms with Crippen LogP contribution in [0.3, 0.4) is 0 Å². The van der Waals surface area contributed by atoms with Crippen molar-refractivity contribution in [2.24, 2.45) is 0 Å². The van der Waals surface area contributed by atoms with Crippen LogP contribution in [0.25, 0.3) is 0 Å². The van der Waals surface area contributed by atoms with Gasteiger partial charge < -0.3 is 14.2 Å². The number of esters is 3. The first-order chi connectivity index (χ1) is 40.5. The fraction of sp³-hybridized carbons (Fsp3) is 0.829. The Morgan fingerprint density at radius 3 is 0.732 bits per heavy atom. The van der Waals surface area contributed by atoms with Crippen LogP contribution in [0.2, 0.25) is 0 Å². The lowest BCUT2D eigenvalue weighted by atomic mass is 10.0. The van der Waals surface area contributed by atoms with Crippen LogP contribution >= 0.6 is 0 Å². The lowest BCUT2D eigenvalue weighted by molar-refractivity contribution is -0.167. The average Bonchev–Trinajstić information content (AvgIpc) is 3.47. The summed E-state index contributed by atoms with van der Waals surface area (Å²) in [5.41, 5.74) is 0. The minimum atomic E-state index is -0.788. The van der Waals surface area contributed by atoms with E-state index in [0.29, 0.717) is 19.3 Å². The van der Waals surface area contributed by atoms with Crippen molar-refractivity contribution < 1.29 is 28.6 Å². The largest absolute Gasteiger partial charge is 0.462 e.